The van der Waals surface area contributed by atoms with E-state index in [9.17, 15) is 9.59 Å². The maximum Gasteiger partial charge on any atom is 0.338 e. The zero-order chi connectivity index (χ0) is 27.7. The number of hydrogen-bond acceptors (Lipinski definition) is 10. The number of esters is 2. The van der Waals surface area contributed by atoms with Crippen LogP contribution in [0.4, 0.5) is 0 Å². The lowest BCUT2D eigenvalue weighted by Crippen LogP contribution is -2.08. The van der Waals surface area contributed by atoms with Crippen molar-refractivity contribution in [3.8, 4) is 34.5 Å². The molecule has 0 amide bonds. The van der Waals surface area contributed by atoms with Crippen LogP contribution in [-0.2, 0) is 22.7 Å². The van der Waals surface area contributed by atoms with Crippen molar-refractivity contribution >= 4 is 11.9 Å². The molecule has 0 saturated carbocycles. The highest BCUT2D eigenvalue weighted by atomic mass is 16.5. The second-order valence-corrected chi connectivity index (χ2v) is 7.80. The molecular formula is C28H30O10. The van der Waals surface area contributed by atoms with E-state index in [-0.39, 0.29) is 24.3 Å². The van der Waals surface area contributed by atoms with E-state index in [1.165, 1.54) is 66.9 Å². The molecular weight excluding hydrogens is 496 g/mol. The van der Waals surface area contributed by atoms with Crippen LogP contribution in [0.1, 0.15) is 31.8 Å². The highest BCUT2D eigenvalue weighted by Gasteiger charge is 2.19. The average Bonchev–Trinajstić information content (AvgIpc) is 2.97. The van der Waals surface area contributed by atoms with E-state index < -0.39 is 11.9 Å². The van der Waals surface area contributed by atoms with Crippen LogP contribution in [0.2, 0.25) is 0 Å². The highest BCUT2D eigenvalue weighted by Crippen LogP contribution is 2.39. The quantitative estimate of drug-likeness (QED) is 0.314. The zero-order valence-electron chi connectivity index (χ0n) is 22.1. The van der Waals surface area contributed by atoms with Gasteiger partial charge in [0.2, 0.25) is 11.5 Å². The van der Waals surface area contributed by atoms with Crippen LogP contribution in [0.3, 0.4) is 0 Å². The van der Waals surface area contributed by atoms with Gasteiger partial charge in [0, 0.05) is 0 Å². The summed E-state index contributed by atoms with van der Waals surface area (Å²) in [6.45, 7) is 0.0853. The lowest BCUT2D eigenvalue weighted by atomic mass is 10.1. The Bertz CT molecular complexity index is 1120. The van der Waals surface area contributed by atoms with Crippen LogP contribution in [-0.4, -0.2) is 54.6 Å². The molecule has 0 aliphatic heterocycles. The van der Waals surface area contributed by atoms with Gasteiger partial charge in [0.15, 0.2) is 23.0 Å². The van der Waals surface area contributed by atoms with E-state index >= 15 is 0 Å². The van der Waals surface area contributed by atoms with Gasteiger partial charge in [0.25, 0.3) is 0 Å². The van der Waals surface area contributed by atoms with Gasteiger partial charge in [-0.2, -0.15) is 0 Å². The molecule has 0 aliphatic rings. The molecule has 10 nitrogen and oxygen atoms in total. The molecule has 0 aromatic heterocycles. The molecule has 0 spiro atoms. The fourth-order valence-electron chi connectivity index (χ4n) is 3.59. The predicted octanol–water partition coefficient (Wildman–Crippen LogP) is 4.45. The Labute approximate surface area is 220 Å². The van der Waals surface area contributed by atoms with Gasteiger partial charge >= 0.3 is 11.9 Å². The Hall–Kier alpha value is -4.60. The van der Waals surface area contributed by atoms with Crippen LogP contribution in [0.15, 0.2) is 48.5 Å². The summed E-state index contributed by atoms with van der Waals surface area (Å²) in [5, 5.41) is 0. The van der Waals surface area contributed by atoms with Gasteiger partial charge < -0.3 is 37.9 Å². The number of carbonyl (C=O) groups is 2. The van der Waals surface area contributed by atoms with Crippen molar-refractivity contribution in [1.29, 1.82) is 0 Å². The third kappa shape index (κ3) is 6.39. The minimum Gasteiger partial charge on any atom is -0.493 e. The number of benzene rings is 3. The maximum atomic E-state index is 12.6. The second kappa shape index (κ2) is 13.1. The summed E-state index contributed by atoms with van der Waals surface area (Å²) in [6.07, 6.45) is 0. The molecule has 202 valence electrons. The Morgan fingerprint density at radius 3 is 1.03 bits per heavy atom. The van der Waals surface area contributed by atoms with Gasteiger partial charge in [0.1, 0.15) is 13.2 Å². The minimum atomic E-state index is -0.549. The Morgan fingerprint density at radius 2 is 0.789 bits per heavy atom. The van der Waals surface area contributed by atoms with Gasteiger partial charge in [-0.25, -0.2) is 9.59 Å². The summed E-state index contributed by atoms with van der Waals surface area (Å²) in [5.74, 6) is 1.07. The molecule has 10 heteroatoms. The van der Waals surface area contributed by atoms with Gasteiger partial charge in [-0.05, 0) is 35.4 Å². The van der Waals surface area contributed by atoms with Crippen molar-refractivity contribution in [3.05, 3.63) is 70.8 Å². The molecule has 0 radical (unpaired) electrons. The van der Waals surface area contributed by atoms with E-state index in [0.717, 1.165) is 11.1 Å². The summed E-state index contributed by atoms with van der Waals surface area (Å²) in [5.41, 5.74) is 2.03. The van der Waals surface area contributed by atoms with Crippen LogP contribution in [0.25, 0.3) is 0 Å². The number of methoxy groups -OCH3 is 6. The van der Waals surface area contributed by atoms with Crippen molar-refractivity contribution in [2.24, 2.45) is 0 Å². The molecule has 0 heterocycles. The molecule has 0 aliphatic carbocycles. The molecule has 0 unspecified atom stereocenters. The predicted molar refractivity (Wildman–Crippen MR) is 137 cm³/mol. The summed E-state index contributed by atoms with van der Waals surface area (Å²) in [6, 6.07) is 13.2. The normalized spacial score (nSPS) is 10.3. The Kier molecular flexibility index (Phi) is 9.64. The first kappa shape index (κ1) is 28.0. The third-order valence-corrected chi connectivity index (χ3v) is 5.56. The van der Waals surface area contributed by atoms with E-state index in [4.69, 9.17) is 37.9 Å². The number of ether oxygens (including phenoxy) is 8. The summed E-state index contributed by atoms with van der Waals surface area (Å²) in [4.78, 5) is 25.2. The number of hydrogen-bond donors (Lipinski definition) is 0. The molecule has 0 bridgehead atoms. The fraction of sp³-hybridized carbons (Fsp3) is 0.286. The average molecular weight is 527 g/mol. The van der Waals surface area contributed by atoms with Crippen molar-refractivity contribution in [3.63, 3.8) is 0 Å². The van der Waals surface area contributed by atoms with Gasteiger partial charge in [-0.15, -0.1) is 0 Å². The monoisotopic (exact) mass is 526 g/mol. The molecule has 0 fully saturated rings. The molecule has 3 aromatic carbocycles. The van der Waals surface area contributed by atoms with E-state index in [1.54, 1.807) is 24.3 Å². The van der Waals surface area contributed by atoms with Crippen LogP contribution < -0.4 is 28.4 Å². The molecule has 38 heavy (non-hydrogen) atoms. The van der Waals surface area contributed by atoms with Crippen molar-refractivity contribution in [2.45, 2.75) is 13.2 Å². The molecule has 0 saturated heterocycles. The first-order valence-electron chi connectivity index (χ1n) is 11.4. The van der Waals surface area contributed by atoms with Crippen molar-refractivity contribution < 1.29 is 47.5 Å². The number of carbonyl (C=O) groups excluding carboxylic acids is 2. The van der Waals surface area contributed by atoms with E-state index in [2.05, 4.69) is 0 Å². The number of rotatable bonds is 12. The van der Waals surface area contributed by atoms with Crippen molar-refractivity contribution in [1.82, 2.24) is 0 Å². The topological polar surface area (TPSA) is 108 Å². The third-order valence-electron chi connectivity index (χ3n) is 5.56. The smallest absolute Gasteiger partial charge is 0.338 e. The molecule has 0 atom stereocenters. The highest BCUT2D eigenvalue weighted by molar-refractivity contribution is 5.91. The maximum absolute atomic E-state index is 12.6. The molecule has 3 rings (SSSR count). The first-order valence-corrected chi connectivity index (χ1v) is 11.4. The van der Waals surface area contributed by atoms with Gasteiger partial charge in [0.05, 0.1) is 53.8 Å². The largest absolute Gasteiger partial charge is 0.493 e. The Balaban J connectivity index is 1.60. The standard InChI is InChI=1S/C28H30O10/c1-31-21-11-19(12-22(32-2)25(21)35-5)27(29)37-15-17-7-9-18(10-8-17)16-38-28(30)20-13-23(33-3)26(36-6)24(14-20)34-4/h7-14H,15-16H2,1-6H3. The minimum absolute atomic E-state index is 0.0427. The van der Waals surface area contributed by atoms with Crippen LogP contribution >= 0.6 is 0 Å². The van der Waals surface area contributed by atoms with E-state index in [0.29, 0.717) is 34.5 Å². The summed E-state index contributed by atoms with van der Waals surface area (Å²) in [7, 11) is 8.84. The fourth-order valence-corrected chi connectivity index (χ4v) is 3.59. The zero-order valence-corrected chi connectivity index (χ0v) is 22.1. The Morgan fingerprint density at radius 1 is 0.500 bits per heavy atom. The lowest BCUT2D eigenvalue weighted by Gasteiger charge is -2.14. The van der Waals surface area contributed by atoms with Crippen LogP contribution in [0, 0.1) is 0 Å². The SMILES string of the molecule is COc1cc(C(=O)OCc2ccc(COC(=O)c3cc(OC)c(OC)c(OC)c3)cc2)cc(OC)c1OC. The second-order valence-electron chi connectivity index (χ2n) is 7.80. The summed E-state index contributed by atoms with van der Waals surface area (Å²) >= 11 is 0. The van der Waals surface area contributed by atoms with Gasteiger partial charge in [-0.1, -0.05) is 24.3 Å². The van der Waals surface area contributed by atoms with Crippen LogP contribution in [0.5, 0.6) is 34.5 Å². The summed E-state index contributed by atoms with van der Waals surface area (Å²) < 4.78 is 42.5. The molecule has 0 N–H and O–H groups in total. The molecule has 3 aromatic rings. The van der Waals surface area contributed by atoms with E-state index in [1.807, 2.05) is 0 Å². The first-order chi connectivity index (χ1) is 18.4. The van der Waals surface area contributed by atoms with Crippen molar-refractivity contribution in [2.75, 3.05) is 42.7 Å². The lowest BCUT2D eigenvalue weighted by molar-refractivity contribution is 0.0459. The van der Waals surface area contributed by atoms with Gasteiger partial charge in [-0.3, -0.25) is 0 Å².